The fraction of sp³-hybridized carbons (Fsp3) is 0.900. The van der Waals surface area contributed by atoms with Crippen molar-refractivity contribution in [2.75, 3.05) is 6.61 Å². The lowest BCUT2D eigenvalue weighted by molar-refractivity contribution is -0.0263. The molecule has 0 aromatic heterocycles. The average molecular weight is 182 g/mol. The van der Waals surface area contributed by atoms with E-state index in [0.29, 0.717) is 6.10 Å². The molecule has 3 heteroatoms. The molecule has 0 aromatic rings. The maximum Gasteiger partial charge on any atom is 0.0737 e. The molecular formula is C10H18N2O. The lowest BCUT2D eigenvalue weighted by Crippen LogP contribution is -2.54. The Hall–Kier alpha value is -0.570. The summed E-state index contributed by atoms with van der Waals surface area (Å²) in [5.41, 5.74) is 1.45. The van der Waals surface area contributed by atoms with Crippen molar-refractivity contribution in [3.63, 3.8) is 0 Å². The zero-order chi connectivity index (χ0) is 9.31. The summed E-state index contributed by atoms with van der Waals surface area (Å²) in [6.45, 7) is 2.87. The Labute approximate surface area is 79.3 Å². The van der Waals surface area contributed by atoms with Gasteiger partial charge in [0.25, 0.3) is 0 Å². The standard InChI is InChI=1S/C10H18N2O/c1-2-13-9-7-8(12-11)10(9)5-3-4-6-10/h9H,2-7,11H2,1H3/b12-8+. The van der Waals surface area contributed by atoms with E-state index >= 15 is 0 Å². The predicted molar refractivity (Wildman–Crippen MR) is 52.6 cm³/mol. The van der Waals surface area contributed by atoms with Crippen LogP contribution in [-0.4, -0.2) is 18.4 Å². The predicted octanol–water partition coefficient (Wildman–Crippen LogP) is 1.67. The van der Waals surface area contributed by atoms with Gasteiger partial charge in [-0.3, -0.25) is 0 Å². The van der Waals surface area contributed by atoms with E-state index < -0.39 is 0 Å². The molecule has 2 aliphatic carbocycles. The van der Waals surface area contributed by atoms with Crippen LogP contribution in [-0.2, 0) is 4.74 Å². The molecule has 74 valence electrons. The van der Waals surface area contributed by atoms with Crippen LogP contribution in [0.3, 0.4) is 0 Å². The van der Waals surface area contributed by atoms with Gasteiger partial charge in [-0.1, -0.05) is 12.8 Å². The molecule has 0 radical (unpaired) electrons. The highest BCUT2D eigenvalue weighted by Crippen LogP contribution is 2.52. The monoisotopic (exact) mass is 182 g/mol. The molecular weight excluding hydrogens is 164 g/mol. The van der Waals surface area contributed by atoms with Crippen LogP contribution in [0.4, 0.5) is 0 Å². The van der Waals surface area contributed by atoms with Crippen LogP contribution >= 0.6 is 0 Å². The quantitative estimate of drug-likeness (QED) is 0.521. The Morgan fingerprint density at radius 2 is 2.23 bits per heavy atom. The van der Waals surface area contributed by atoms with Gasteiger partial charge in [0.05, 0.1) is 6.10 Å². The number of hydrogen-bond donors (Lipinski definition) is 1. The third kappa shape index (κ3) is 1.17. The van der Waals surface area contributed by atoms with Crippen LogP contribution in [0.2, 0.25) is 0 Å². The minimum absolute atomic E-state index is 0.255. The van der Waals surface area contributed by atoms with Crippen LogP contribution in [0, 0.1) is 5.41 Å². The molecule has 13 heavy (non-hydrogen) atoms. The molecule has 2 rings (SSSR count). The summed E-state index contributed by atoms with van der Waals surface area (Å²) >= 11 is 0. The van der Waals surface area contributed by atoms with E-state index in [4.69, 9.17) is 10.6 Å². The topological polar surface area (TPSA) is 47.6 Å². The Kier molecular flexibility index (Phi) is 2.28. The first-order valence-electron chi connectivity index (χ1n) is 5.22. The van der Waals surface area contributed by atoms with Gasteiger partial charge in [0.2, 0.25) is 0 Å². The minimum Gasteiger partial charge on any atom is -0.377 e. The Balaban J connectivity index is 2.10. The molecule has 2 N–H and O–H groups in total. The molecule has 0 bridgehead atoms. The molecule has 0 saturated heterocycles. The molecule has 0 amide bonds. The Morgan fingerprint density at radius 1 is 1.54 bits per heavy atom. The van der Waals surface area contributed by atoms with Crippen molar-refractivity contribution in [3.05, 3.63) is 0 Å². The van der Waals surface area contributed by atoms with Crippen molar-refractivity contribution in [3.8, 4) is 0 Å². The Bertz CT molecular complexity index is 219. The van der Waals surface area contributed by atoms with Gasteiger partial charge < -0.3 is 10.6 Å². The third-order valence-corrected chi connectivity index (χ3v) is 3.59. The van der Waals surface area contributed by atoms with Gasteiger partial charge in [0, 0.05) is 24.2 Å². The van der Waals surface area contributed by atoms with Gasteiger partial charge in [-0.25, -0.2) is 0 Å². The summed E-state index contributed by atoms with van der Waals surface area (Å²) in [4.78, 5) is 0. The first-order chi connectivity index (χ1) is 6.33. The maximum absolute atomic E-state index is 5.71. The van der Waals surface area contributed by atoms with Crippen LogP contribution in [0.25, 0.3) is 0 Å². The highest BCUT2D eigenvalue weighted by atomic mass is 16.5. The van der Waals surface area contributed by atoms with E-state index in [0.717, 1.165) is 13.0 Å². The fourth-order valence-electron chi connectivity index (χ4n) is 2.85. The van der Waals surface area contributed by atoms with Crippen molar-refractivity contribution < 1.29 is 4.74 Å². The van der Waals surface area contributed by atoms with Crippen molar-refractivity contribution in [1.29, 1.82) is 0 Å². The lowest BCUT2D eigenvalue weighted by Gasteiger charge is -2.47. The number of ether oxygens (including phenoxy) is 1. The molecule has 1 unspecified atom stereocenters. The third-order valence-electron chi connectivity index (χ3n) is 3.59. The smallest absolute Gasteiger partial charge is 0.0737 e. The van der Waals surface area contributed by atoms with Crippen molar-refractivity contribution >= 4 is 5.71 Å². The molecule has 1 spiro atoms. The van der Waals surface area contributed by atoms with Crippen LogP contribution in [0.5, 0.6) is 0 Å². The van der Waals surface area contributed by atoms with Crippen molar-refractivity contribution in [2.24, 2.45) is 16.4 Å². The first-order valence-corrected chi connectivity index (χ1v) is 5.22. The molecule has 1 atom stereocenters. The molecule has 0 aliphatic heterocycles. The summed E-state index contributed by atoms with van der Waals surface area (Å²) in [6, 6.07) is 0. The number of hydrazone groups is 1. The van der Waals surface area contributed by atoms with Crippen LogP contribution in [0.15, 0.2) is 5.10 Å². The molecule has 0 heterocycles. The lowest BCUT2D eigenvalue weighted by atomic mass is 9.63. The summed E-state index contributed by atoms with van der Waals surface area (Å²) < 4.78 is 5.71. The van der Waals surface area contributed by atoms with Crippen LogP contribution in [0.1, 0.15) is 39.0 Å². The Morgan fingerprint density at radius 3 is 2.77 bits per heavy atom. The zero-order valence-corrected chi connectivity index (χ0v) is 8.25. The fourth-order valence-corrected chi connectivity index (χ4v) is 2.85. The summed E-state index contributed by atoms with van der Waals surface area (Å²) in [5, 5.41) is 3.90. The van der Waals surface area contributed by atoms with Gasteiger partial charge in [-0.2, -0.15) is 5.10 Å². The van der Waals surface area contributed by atoms with E-state index in [2.05, 4.69) is 12.0 Å². The molecule has 2 fully saturated rings. The van der Waals surface area contributed by atoms with Gasteiger partial charge >= 0.3 is 0 Å². The summed E-state index contributed by atoms with van der Waals surface area (Å²) in [7, 11) is 0. The van der Waals surface area contributed by atoms with E-state index in [1.165, 1.54) is 31.4 Å². The van der Waals surface area contributed by atoms with Gasteiger partial charge in [0.15, 0.2) is 0 Å². The second-order valence-electron chi connectivity index (χ2n) is 4.09. The largest absolute Gasteiger partial charge is 0.377 e. The zero-order valence-electron chi connectivity index (χ0n) is 8.25. The second-order valence-corrected chi connectivity index (χ2v) is 4.09. The van der Waals surface area contributed by atoms with Gasteiger partial charge in [-0.05, 0) is 19.8 Å². The molecule has 3 nitrogen and oxygen atoms in total. The van der Waals surface area contributed by atoms with Gasteiger partial charge in [-0.15, -0.1) is 0 Å². The summed E-state index contributed by atoms with van der Waals surface area (Å²) in [6.07, 6.45) is 6.44. The number of nitrogens with zero attached hydrogens (tertiary/aromatic N) is 1. The molecule has 0 aromatic carbocycles. The van der Waals surface area contributed by atoms with E-state index in [-0.39, 0.29) is 5.41 Å². The van der Waals surface area contributed by atoms with Crippen molar-refractivity contribution in [2.45, 2.75) is 45.1 Å². The summed E-state index contributed by atoms with van der Waals surface area (Å²) in [5.74, 6) is 5.38. The average Bonchev–Trinajstić information content (AvgIpc) is 2.62. The maximum atomic E-state index is 5.71. The van der Waals surface area contributed by atoms with Gasteiger partial charge in [0.1, 0.15) is 0 Å². The molecule has 2 saturated carbocycles. The van der Waals surface area contributed by atoms with Crippen LogP contribution < -0.4 is 5.84 Å². The minimum atomic E-state index is 0.255. The highest BCUT2D eigenvalue weighted by Gasteiger charge is 2.54. The molecule has 2 aliphatic rings. The van der Waals surface area contributed by atoms with Crippen molar-refractivity contribution in [1.82, 2.24) is 0 Å². The SMILES string of the molecule is CCOC1C/C(=N\N)C12CCCC2. The van der Waals surface area contributed by atoms with E-state index in [1.807, 2.05) is 0 Å². The van der Waals surface area contributed by atoms with E-state index in [9.17, 15) is 0 Å². The first kappa shape index (κ1) is 9.00. The number of rotatable bonds is 2. The number of nitrogens with two attached hydrogens (primary N) is 1. The highest BCUT2D eigenvalue weighted by molar-refractivity contribution is 5.97. The van der Waals surface area contributed by atoms with E-state index in [1.54, 1.807) is 0 Å². The number of hydrogen-bond acceptors (Lipinski definition) is 3. The normalized spacial score (nSPS) is 33.9. The second kappa shape index (κ2) is 3.29.